The SMILES string of the molecule is Cc1noc(-c2ccc(C(=O)NC(C)CC(N)=O)cc2)n1. The van der Waals surface area contributed by atoms with Gasteiger partial charge in [-0.2, -0.15) is 4.98 Å². The summed E-state index contributed by atoms with van der Waals surface area (Å²) in [6.07, 6.45) is 0.102. The van der Waals surface area contributed by atoms with Crippen LogP contribution >= 0.6 is 0 Å². The maximum Gasteiger partial charge on any atom is 0.257 e. The highest BCUT2D eigenvalue weighted by molar-refractivity contribution is 5.95. The molecule has 21 heavy (non-hydrogen) atoms. The molecule has 0 radical (unpaired) electrons. The Morgan fingerprint density at radius 2 is 2.00 bits per heavy atom. The molecule has 2 rings (SSSR count). The third kappa shape index (κ3) is 3.88. The zero-order valence-electron chi connectivity index (χ0n) is 11.8. The van der Waals surface area contributed by atoms with Crippen molar-refractivity contribution in [1.82, 2.24) is 15.5 Å². The zero-order chi connectivity index (χ0) is 15.4. The zero-order valence-corrected chi connectivity index (χ0v) is 11.8. The summed E-state index contributed by atoms with van der Waals surface area (Å²) in [5.41, 5.74) is 6.29. The van der Waals surface area contributed by atoms with Crippen molar-refractivity contribution in [3.8, 4) is 11.5 Å². The van der Waals surface area contributed by atoms with E-state index >= 15 is 0 Å². The van der Waals surface area contributed by atoms with Crippen molar-refractivity contribution in [1.29, 1.82) is 0 Å². The Morgan fingerprint density at radius 1 is 1.33 bits per heavy atom. The first-order valence-corrected chi connectivity index (χ1v) is 6.45. The second kappa shape index (κ2) is 6.17. The lowest BCUT2D eigenvalue weighted by Gasteiger charge is -2.11. The van der Waals surface area contributed by atoms with Crippen LogP contribution in [0.4, 0.5) is 0 Å². The number of carbonyl (C=O) groups is 2. The fourth-order valence-corrected chi connectivity index (χ4v) is 1.84. The van der Waals surface area contributed by atoms with Crippen LogP contribution in [0.25, 0.3) is 11.5 Å². The Balaban J connectivity index is 2.05. The molecule has 1 aromatic carbocycles. The molecule has 0 aliphatic heterocycles. The summed E-state index contributed by atoms with van der Waals surface area (Å²) in [5.74, 6) is 0.232. The minimum Gasteiger partial charge on any atom is -0.370 e. The number of hydrogen-bond acceptors (Lipinski definition) is 5. The summed E-state index contributed by atoms with van der Waals surface area (Å²) in [5, 5.41) is 6.41. The van der Waals surface area contributed by atoms with Crippen molar-refractivity contribution in [3.63, 3.8) is 0 Å². The first-order valence-electron chi connectivity index (χ1n) is 6.45. The number of nitrogens with zero attached hydrogens (tertiary/aromatic N) is 2. The molecule has 7 nitrogen and oxygen atoms in total. The molecule has 0 aliphatic carbocycles. The fourth-order valence-electron chi connectivity index (χ4n) is 1.84. The van der Waals surface area contributed by atoms with Gasteiger partial charge in [0.2, 0.25) is 5.91 Å². The van der Waals surface area contributed by atoms with E-state index < -0.39 is 5.91 Å². The van der Waals surface area contributed by atoms with Crippen LogP contribution in [0, 0.1) is 6.92 Å². The molecule has 110 valence electrons. The number of nitrogens with one attached hydrogen (secondary N) is 1. The molecule has 0 bridgehead atoms. The highest BCUT2D eigenvalue weighted by Crippen LogP contribution is 2.17. The van der Waals surface area contributed by atoms with Crippen LogP contribution in [0.2, 0.25) is 0 Å². The standard InChI is InChI=1S/C14H16N4O3/c1-8(7-12(15)19)16-13(20)10-3-5-11(6-4-10)14-17-9(2)18-21-14/h3-6,8H,7H2,1-2H3,(H2,15,19)(H,16,20). The molecule has 0 saturated carbocycles. The Morgan fingerprint density at radius 3 is 2.52 bits per heavy atom. The van der Waals surface area contributed by atoms with Gasteiger partial charge in [0.15, 0.2) is 5.82 Å². The maximum atomic E-state index is 12.0. The van der Waals surface area contributed by atoms with E-state index in [0.29, 0.717) is 17.3 Å². The van der Waals surface area contributed by atoms with E-state index in [2.05, 4.69) is 15.5 Å². The predicted molar refractivity (Wildman–Crippen MR) is 75.2 cm³/mol. The van der Waals surface area contributed by atoms with E-state index in [0.717, 1.165) is 5.56 Å². The highest BCUT2D eigenvalue weighted by atomic mass is 16.5. The molecular formula is C14H16N4O3. The summed E-state index contributed by atoms with van der Waals surface area (Å²) in [6.45, 7) is 3.45. The van der Waals surface area contributed by atoms with Crippen LogP contribution < -0.4 is 11.1 Å². The van der Waals surface area contributed by atoms with Crippen molar-refractivity contribution in [2.75, 3.05) is 0 Å². The third-order valence-electron chi connectivity index (χ3n) is 2.81. The molecule has 1 aromatic heterocycles. The largest absolute Gasteiger partial charge is 0.370 e. The van der Waals surface area contributed by atoms with Gasteiger partial charge in [0, 0.05) is 23.6 Å². The van der Waals surface area contributed by atoms with Crippen LogP contribution in [-0.2, 0) is 4.79 Å². The molecule has 1 atom stereocenters. The number of nitrogens with two attached hydrogens (primary N) is 1. The van der Waals surface area contributed by atoms with E-state index in [1.54, 1.807) is 38.1 Å². The lowest BCUT2D eigenvalue weighted by Crippen LogP contribution is -2.35. The van der Waals surface area contributed by atoms with Crippen molar-refractivity contribution < 1.29 is 14.1 Å². The average molecular weight is 288 g/mol. The van der Waals surface area contributed by atoms with Gasteiger partial charge >= 0.3 is 0 Å². The normalized spacial score (nSPS) is 11.9. The van der Waals surface area contributed by atoms with Gasteiger partial charge in [-0.1, -0.05) is 5.16 Å². The maximum absolute atomic E-state index is 12.0. The van der Waals surface area contributed by atoms with Gasteiger partial charge in [-0.3, -0.25) is 9.59 Å². The van der Waals surface area contributed by atoms with Gasteiger partial charge in [0.25, 0.3) is 11.8 Å². The first-order chi connectivity index (χ1) is 9.95. The van der Waals surface area contributed by atoms with Crippen LogP contribution in [0.5, 0.6) is 0 Å². The third-order valence-corrected chi connectivity index (χ3v) is 2.81. The number of amides is 2. The average Bonchev–Trinajstić information content (AvgIpc) is 2.84. The number of rotatable bonds is 5. The molecule has 1 unspecified atom stereocenters. The molecule has 2 aromatic rings. The van der Waals surface area contributed by atoms with Gasteiger partial charge in [0.1, 0.15) is 0 Å². The van der Waals surface area contributed by atoms with Crippen molar-refractivity contribution in [2.45, 2.75) is 26.3 Å². The van der Waals surface area contributed by atoms with Crippen molar-refractivity contribution >= 4 is 11.8 Å². The predicted octanol–water partition coefficient (Wildman–Crippen LogP) is 1.04. The topological polar surface area (TPSA) is 111 Å². The molecule has 1 heterocycles. The van der Waals surface area contributed by atoms with Crippen LogP contribution in [0.1, 0.15) is 29.5 Å². The summed E-state index contributed by atoms with van der Waals surface area (Å²) >= 11 is 0. The molecular weight excluding hydrogens is 272 g/mol. The van der Waals surface area contributed by atoms with Crippen LogP contribution in [0.3, 0.4) is 0 Å². The fraction of sp³-hybridized carbons (Fsp3) is 0.286. The summed E-state index contributed by atoms with van der Waals surface area (Å²) in [7, 11) is 0. The number of primary amides is 1. The van der Waals surface area contributed by atoms with E-state index in [1.807, 2.05) is 0 Å². The lowest BCUT2D eigenvalue weighted by atomic mass is 10.1. The number of benzene rings is 1. The van der Waals surface area contributed by atoms with Crippen molar-refractivity contribution in [3.05, 3.63) is 35.7 Å². The molecule has 0 aliphatic rings. The van der Waals surface area contributed by atoms with E-state index in [-0.39, 0.29) is 18.4 Å². The van der Waals surface area contributed by atoms with Crippen LogP contribution in [0.15, 0.2) is 28.8 Å². The Bertz CT molecular complexity index is 648. The molecule has 7 heteroatoms. The summed E-state index contributed by atoms with van der Waals surface area (Å²) < 4.78 is 5.05. The second-order valence-corrected chi connectivity index (χ2v) is 4.77. The summed E-state index contributed by atoms with van der Waals surface area (Å²) in [6, 6.07) is 6.44. The van der Waals surface area contributed by atoms with Gasteiger partial charge in [-0.05, 0) is 38.1 Å². The number of carbonyl (C=O) groups excluding carboxylic acids is 2. The van der Waals surface area contributed by atoms with E-state index in [4.69, 9.17) is 10.3 Å². The van der Waals surface area contributed by atoms with Crippen LogP contribution in [-0.4, -0.2) is 28.0 Å². The lowest BCUT2D eigenvalue weighted by molar-refractivity contribution is -0.118. The second-order valence-electron chi connectivity index (χ2n) is 4.77. The quantitative estimate of drug-likeness (QED) is 0.853. The smallest absolute Gasteiger partial charge is 0.257 e. The van der Waals surface area contributed by atoms with Gasteiger partial charge in [-0.15, -0.1) is 0 Å². The van der Waals surface area contributed by atoms with E-state index in [1.165, 1.54) is 0 Å². The van der Waals surface area contributed by atoms with Gasteiger partial charge in [0.05, 0.1) is 0 Å². The number of hydrogen-bond donors (Lipinski definition) is 2. The van der Waals surface area contributed by atoms with Gasteiger partial charge in [-0.25, -0.2) is 0 Å². The molecule has 3 N–H and O–H groups in total. The monoisotopic (exact) mass is 288 g/mol. The molecule has 0 saturated heterocycles. The Kier molecular flexibility index (Phi) is 4.32. The number of aryl methyl sites for hydroxylation is 1. The molecule has 0 spiro atoms. The first kappa shape index (κ1) is 14.7. The number of aromatic nitrogens is 2. The Hall–Kier alpha value is -2.70. The Labute approximate surface area is 121 Å². The van der Waals surface area contributed by atoms with Gasteiger partial charge < -0.3 is 15.6 Å². The van der Waals surface area contributed by atoms with Crippen molar-refractivity contribution in [2.24, 2.45) is 5.73 Å². The molecule has 0 fully saturated rings. The summed E-state index contributed by atoms with van der Waals surface area (Å²) in [4.78, 5) is 26.9. The minimum absolute atomic E-state index is 0.102. The highest BCUT2D eigenvalue weighted by Gasteiger charge is 2.12. The minimum atomic E-state index is -0.454. The molecule has 2 amide bonds. The van der Waals surface area contributed by atoms with E-state index in [9.17, 15) is 9.59 Å².